The lowest BCUT2D eigenvalue weighted by molar-refractivity contribution is -0.111. The number of anilines is 3. The molecule has 4 rings (SSSR count). The van der Waals surface area contributed by atoms with Crippen molar-refractivity contribution in [3.05, 3.63) is 107 Å². The van der Waals surface area contributed by atoms with Gasteiger partial charge in [-0.2, -0.15) is 0 Å². The van der Waals surface area contributed by atoms with E-state index in [4.69, 9.17) is 10.5 Å². The van der Waals surface area contributed by atoms with E-state index in [0.29, 0.717) is 28.0 Å². The van der Waals surface area contributed by atoms with Crippen LogP contribution >= 0.6 is 15.9 Å². The number of nitrogens with one attached hydrogen (secondary N) is 2. The van der Waals surface area contributed by atoms with E-state index in [0.717, 1.165) is 9.86 Å². The third kappa shape index (κ3) is 6.48. The van der Waals surface area contributed by atoms with Crippen molar-refractivity contribution in [2.24, 2.45) is 5.92 Å². The molecule has 2 atom stereocenters. The number of benzene rings is 4. The summed E-state index contributed by atoms with van der Waals surface area (Å²) in [5.41, 5.74) is 8.15. The Morgan fingerprint density at radius 3 is 2.32 bits per heavy atom. The Labute approximate surface area is 223 Å². The number of fused-ring (bicyclic) bond motifs is 1. The van der Waals surface area contributed by atoms with Crippen LogP contribution in [0.4, 0.5) is 21.9 Å². The molecule has 4 aromatic carbocycles. The first-order valence-electron chi connectivity index (χ1n) is 11.6. The number of halogens is 1. The standard InChI is InChI=1S/C29H26BrN3O4/c1-18(10-17-27(35)33-25-9-5-4-8-24(25)31)28(37-29(36)32-20-13-11-19(30)12-14-20)23-15-16-26(34)22-7-3-2-6-21(22)23/h2-18,28,34H,31H2,1H3,(H,32,36)(H,33,35)/b17-10+/t18-,28-/m0/s1. The maximum absolute atomic E-state index is 12.9. The molecular weight excluding hydrogens is 534 g/mol. The number of phenols is 1. The molecular formula is C29H26BrN3O4. The van der Waals surface area contributed by atoms with Gasteiger partial charge in [0, 0.05) is 27.0 Å². The first-order valence-corrected chi connectivity index (χ1v) is 12.4. The molecule has 37 heavy (non-hydrogen) atoms. The van der Waals surface area contributed by atoms with E-state index in [9.17, 15) is 14.7 Å². The van der Waals surface area contributed by atoms with Gasteiger partial charge in [-0.15, -0.1) is 0 Å². The van der Waals surface area contributed by atoms with Gasteiger partial charge in [-0.1, -0.05) is 71.4 Å². The summed E-state index contributed by atoms with van der Waals surface area (Å²) < 4.78 is 6.79. The van der Waals surface area contributed by atoms with Crippen molar-refractivity contribution in [2.45, 2.75) is 13.0 Å². The molecule has 0 heterocycles. The molecule has 0 aliphatic rings. The highest BCUT2D eigenvalue weighted by Crippen LogP contribution is 2.36. The average molecular weight is 560 g/mol. The number of carbonyl (C=O) groups is 2. The number of hydrogen-bond donors (Lipinski definition) is 4. The molecule has 0 unspecified atom stereocenters. The minimum absolute atomic E-state index is 0.125. The molecule has 5 N–H and O–H groups in total. The highest BCUT2D eigenvalue weighted by molar-refractivity contribution is 9.10. The van der Waals surface area contributed by atoms with Gasteiger partial charge in [0.05, 0.1) is 11.4 Å². The fourth-order valence-electron chi connectivity index (χ4n) is 3.93. The third-order valence-electron chi connectivity index (χ3n) is 5.81. The van der Waals surface area contributed by atoms with Gasteiger partial charge in [0.25, 0.3) is 0 Å². The lowest BCUT2D eigenvalue weighted by atomic mass is 9.92. The summed E-state index contributed by atoms with van der Waals surface area (Å²) in [6.45, 7) is 1.85. The van der Waals surface area contributed by atoms with Crippen molar-refractivity contribution in [3.63, 3.8) is 0 Å². The highest BCUT2D eigenvalue weighted by Gasteiger charge is 2.25. The second kappa shape index (κ2) is 11.6. The fraction of sp³-hybridized carbons (Fsp3) is 0.103. The molecule has 8 heteroatoms. The molecule has 0 spiro atoms. The molecule has 0 aromatic heterocycles. The predicted molar refractivity (Wildman–Crippen MR) is 150 cm³/mol. The molecule has 0 bridgehead atoms. The summed E-state index contributed by atoms with van der Waals surface area (Å²) in [6, 6.07) is 24.7. The van der Waals surface area contributed by atoms with Crippen molar-refractivity contribution in [1.29, 1.82) is 0 Å². The van der Waals surface area contributed by atoms with Crippen LogP contribution in [0.25, 0.3) is 10.8 Å². The Morgan fingerprint density at radius 1 is 0.919 bits per heavy atom. The zero-order valence-corrected chi connectivity index (χ0v) is 21.6. The predicted octanol–water partition coefficient (Wildman–Crippen LogP) is 7.01. The first-order chi connectivity index (χ1) is 17.8. The molecule has 7 nitrogen and oxygen atoms in total. The zero-order chi connectivity index (χ0) is 26.4. The monoisotopic (exact) mass is 559 g/mol. The van der Waals surface area contributed by atoms with Gasteiger partial charge in [-0.3, -0.25) is 10.1 Å². The van der Waals surface area contributed by atoms with Crippen LogP contribution in [0, 0.1) is 5.92 Å². The molecule has 0 saturated carbocycles. The summed E-state index contributed by atoms with van der Waals surface area (Å²) in [4.78, 5) is 25.5. The number of para-hydroxylation sites is 2. The van der Waals surface area contributed by atoms with E-state index in [1.165, 1.54) is 6.08 Å². The Kier molecular flexibility index (Phi) is 8.10. The summed E-state index contributed by atoms with van der Waals surface area (Å²) in [5.74, 6) is -0.638. The average Bonchev–Trinajstić information content (AvgIpc) is 2.89. The van der Waals surface area contributed by atoms with E-state index < -0.39 is 18.1 Å². The van der Waals surface area contributed by atoms with Crippen molar-refractivity contribution in [1.82, 2.24) is 0 Å². The molecule has 0 aliphatic carbocycles. The molecule has 0 aliphatic heterocycles. The number of carbonyl (C=O) groups excluding carboxylic acids is 2. The number of phenolic OH excluding ortho intramolecular Hbond substituents is 1. The van der Waals surface area contributed by atoms with Crippen molar-refractivity contribution in [2.75, 3.05) is 16.4 Å². The van der Waals surface area contributed by atoms with Crippen LogP contribution in [0.3, 0.4) is 0 Å². The Morgan fingerprint density at radius 2 is 1.59 bits per heavy atom. The topological polar surface area (TPSA) is 114 Å². The number of hydrogen-bond acceptors (Lipinski definition) is 5. The minimum Gasteiger partial charge on any atom is -0.507 e. The second-order valence-corrected chi connectivity index (χ2v) is 9.39. The van der Waals surface area contributed by atoms with E-state index in [-0.39, 0.29) is 11.7 Å². The van der Waals surface area contributed by atoms with Gasteiger partial charge < -0.3 is 20.9 Å². The van der Waals surface area contributed by atoms with Crippen LogP contribution in [-0.2, 0) is 9.53 Å². The van der Waals surface area contributed by atoms with E-state index in [1.54, 1.807) is 60.7 Å². The van der Waals surface area contributed by atoms with Gasteiger partial charge in [-0.05, 0) is 53.9 Å². The maximum Gasteiger partial charge on any atom is 0.412 e. The van der Waals surface area contributed by atoms with Gasteiger partial charge >= 0.3 is 6.09 Å². The lowest BCUT2D eigenvalue weighted by Gasteiger charge is -2.24. The number of rotatable bonds is 7. The van der Waals surface area contributed by atoms with Gasteiger partial charge in [0.1, 0.15) is 11.9 Å². The normalized spacial score (nSPS) is 12.7. The number of nitrogen functional groups attached to an aromatic ring is 1. The highest BCUT2D eigenvalue weighted by atomic mass is 79.9. The molecule has 4 aromatic rings. The Hall–Kier alpha value is -4.30. The van der Waals surface area contributed by atoms with Crippen molar-refractivity contribution >= 4 is 55.8 Å². The molecule has 0 saturated heterocycles. The van der Waals surface area contributed by atoms with Gasteiger partial charge in [0.15, 0.2) is 0 Å². The van der Waals surface area contributed by atoms with Crippen molar-refractivity contribution < 1.29 is 19.4 Å². The van der Waals surface area contributed by atoms with E-state index in [1.807, 2.05) is 37.3 Å². The SMILES string of the molecule is C[C@@H](/C=C/C(=O)Nc1ccccc1N)[C@H](OC(=O)Nc1ccc(Br)cc1)c1ccc(O)c2ccccc12. The number of nitrogens with two attached hydrogens (primary N) is 1. The van der Waals surface area contributed by atoms with Gasteiger partial charge in [0.2, 0.25) is 5.91 Å². The van der Waals surface area contributed by atoms with Crippen LogP contribution < -0.4 is 16.4 Å². The Balaban J connectivity index is 1.60. The molecule has 0 fully saturated rings. The smallest absolute Gasteiger partial charge is 0.412 e. The summed E-state index contributed by atoms with van der Waals surface area (Å²) in [5, 5.41) is 17.2. The molecule has 0 radical (unpaired) electrons. The maximum atomic E-state index is 12.9. The molecule has 188 valence electrons. The zero-order valence-electron chi connectivity index (χ0n) is 20.0. The third-order valence-corrected chi connectivity index (χ3v) is 6.34. The number of aromatic hydroxyl groups is 1. The van der Waals surface area contributed by atoms with Gasteiger partial charge in [-0.25, -0.2) is 4.79 Å². The van der Waals surface area contributed by atoms with Crippen LogP contribution in [0.2, 0.25) is 0 Å². The second-order valence-electron chi connectivity index (χ2n) is 8.47. The minimum atomic E-state index is -0.758. The lowest BCUT2D eigenvalue weighted by Crippen LogP contribution is -2.21. The summed E-state index contributed by atoms with van der Waals surface area (Å²) in [6.07, 6.45) is 1.66. The van der Waals surface area contributed by atoms with Crippen LogP contribution in [-0.4, -0.2) is 17.1 Å². The van der Waals surface area contributed by atoms with E-state index in [2.05, 4.69) is 26.6 Å². The van der Waals surface area contributed by atoms with Crippen LogP contribution in [0.5, 0.6) is 5.75 Å². The van der Waals surface area contributed by atoms with E-state index >= 15 is 0 Å². The van der Waals surface area contributed by atoms with Crippen LogP contribution in [0.1, 0.15) is 18.6 Å². The molecule has 2 amide bonds. The number of amides is 2. The largest absolute Gasteiger partial charge is 0.507 e. The quantitative estimate of drug-likeness (QED) is 0.143. The summed E-state index contributed by atoms with van der Waals surface area (Å²) >= 11 is 3.37. The first kappa shape index (κ1) is 25.8. The fourth-order valence-corrected chi connectivity index (χ4v) is 4.19. The summed E-state index contributed by atoms with van der Waals surface area (Å²) in [7, 11) is 0. The van der Waals surface area contributed by atoms with Crippen LogP contribution in [0.15, 0.2) is 102 Å². The van der Waals surface area contributed by atoms with Crippen molar-refractivity contribution in [3.8, 4) is 5.75 Å². The Bertz CT molecular complexity index is 1450. The number of ether oxygens (including phenoxy) is 1.